The van der Waals surface area contributed by atoms with Crippen LogP contribution in [0.25, 0.3) is 0 Å². The zero-order valence-corrected chi connectivity index (χ0v) is 11.1. The molecule has 3 heteroatoms. The number of nitrogens with zero attached hydrogens (tertiary/aromatic N) is 1. The van der Waals surface area contributed by atoms with Crippen molar-refractivity contribution in [2.24, 2.45) is 11.8 Å². The highest BCUT2D eigenvalue weighted by molar-refractivity contribution is 7.09. The molecule has 1 N–H and O–H groups in total. The minimum absolute atomic E-state index is 0.643. The van der Waals surface area contributed by atoms with Gasteiger partial charge in [0.15, 0.2) is 0 Å². The van der Waals surface area contributed by atoms with E-state index in [9.17, 15) is 0 Å². The maximum Gasteiger partial charge on any atom is 0.0794 e. The Hall–Kier alpha value is -0.410. The molecule has 1 heterocycles. The molecule has 1 aromatic rings. The molecule has 2 nitrogen and oxygen atoms in total. The summed E-state index contributed by atoms with van der Waals surface area (Å²) in [6.45, 7) is 5.71. The summed E-state index contributed by atoms with van der Waals surface area (Å²) in [7, 11) is 0. The number of hydrogen-bond donors (Lipinski definition) is 1. The molecule has 1 aliphatic rings. The van der Waals surface area contributed by atoms with Gasteiger partial charge in [-0.2, -0.15) is 0 Å². The van der Waals surface area contributed by atoms with E-state index in [1.165, 1.54) is 30.6 Å². The topological polar surface area (TPSA) is 24.9 Å². The van der Waals surface area contributed by atoms with E-state index in [2.05, 4.69) is 24.1 Å². The van der Waals surface area contributed by atoms with Gasteiger partial charge in [-0.1, -0.05) is 19.8 Å². The predicted octanol–water partition coefficient (Wildman–Crippen LogP) is 3.45. The van der Waals surface area contributed by atoms with Crippen LogP contribution in [0.4, 0.5) is 0 Å². The van der Waals surface area contributed by atoms with Crippen molar-refractivity contribution < 1.29 is 0 Å². The lowest BCUT2D eigenvalue weighted by Crippen LogP contribution is -2.35. The highest BCUT2D eigenvalue weighted by Gasteiger charge is 2.23. The number of rotatable bonds is 4. The van der Waals surface area contributed by atoms with Gasteiger partial charge in [0.2, 0.25) is 0 Å². The van der Waals surface area contributed by atoms with Gasteiger partial charge >= 0.3 is 0 Å². The normalized spacial score (nSPS) is 27.9. The van der Waals surface area contributed by atoms with Crippen LogP contribution in [0.2, 0.25) is 0 Å². The van der Waals surface area contributed by atoms with Crippen molar-refractivity contribution >= 4 is 11.3 Å². The third kappa shape index (κ3) is 3.29. The van der Waals surface area contributed by atoms with Crippen molar-refractivity contribution in [1.29, 1.82) is 0 Å². The third-order valence-electron chi connectivity index (χ3n) is 3.77. The quantitative estimate of drug-likeness (QED) is 0.869. The Balaban J connectivity index is 1.76. The molecule has 1 aliphatic carbocycles. The minimum Gasteiger partial charge on any atom is -0.309 e. The van der Waals surface area contributed by atoms with Crippen LogP contribution < -0.4 is 5.32 Å². The molecular formula is C13H22N2S. The largest absolute Gasteiger partial charge is 0.309 e. The first-order chi connectivity index (χ1) is 7.75. The Labute approximate surface area is 102 Å². The van der Waals surface area contributed by atoms with Crippen LogP contribution in [0, 0.1) is 11.8 Å². The summed E-state index contributed by atoms with van der Waals surface area (Å²) < 4.78 is 0. The van der Waals surface area contributed by atoms with Gasteiger partial charge in [-0.05, 0) is 31.6 Å². The Kier molecular flexibility index (Phi) is 4.36. The van der Waals surface area contributed by atoms with Gasteiger partial charge in [-0.3, -0.25) is 4.98 Å². The van der Waals surface area contributed by atoms with Gasteiger partial charge in [-0.15, -0.1) is 11.3 Å². The highest BCUT2D eigenvalue weighted by atomic mass is 32.1. The molecule has 0 radical (unpaired) electrons. The molecule has 3 atom stereocenters. The van der Waals surface area contributed by atoms with Crippen molar-refractivity contribution in [1.82, 2.24) is 10.3 Å². The monoisotopic (exact) mass is 238 g/mol. The lowest BCUT2D eigenvalue weighted by atomic mass is 9.79. The first kappa shape index (κ1) is 12.1. The zero-order chi connectivity index (χ0) is 11.4. The van der Waals surface area contributed by atoms with E-state index in [1.54, 1.807) is 11.3 Å². The standard InChI is InChI=1S/C13H22N2S/c1-10-4-3-5-12(6-10)11(2)15-8-13-7-14-9-16-13/h7,9-12,15H,3-6,8H2,1-2H3. The summed E-state index contributed by atoms with van der Waals surface area (Å²) in [5.74, 6) is 1.79. The second-order valence-corrected chi connectivity index (χ2v) is 6.14. The molecule has 0 amide bonds. The van der Waals surface area contributed by atoms with Crippen molar-refractivity contribution in [3.05, 3.63) is 16.6 Å². The molecule has 2 rings (SSSR count). The highest BCUT2D eigenvalue weighted by Crippen LogP contribution is 2.30. The third-order valence-corrected chi connectivity index (χ3v) is 4.55. The second-order valence-electron chi connectivity index (χ2n) is 5.17. The summed E-state index contributed by atoms with van der Waals surface area (Å²) in [6, 6.07) is 0.643. The summed E-state index contributed by atoms with van der Waals surface area (Å²) in [4.78, 5) is 5.45. The van der Waals surface area contributed by atoms with E-state index in [4.69, 9.17) is 0 Å². The SMILES string of the molecule is CC1CCCC(C(C)NCc2cncs2)C1. The minimum atomic E-state index is 0.643. The Morgan fingerprint density at radius 3 is 3.12 bits per heavy atom. The molecule has 0 saturated heterocycles. The van der Waals surface area contributed by atoms with Crippen molar-refractivity contribution in [2.75, 3.05) is 0 Å². The summed E-state index contributed by atoms with van der Waals surface area (Å²) in [5, 5.41) is 3.65. The summed E-state index contributed by atoms with van der Waals surface area (Å²) >= 11 is 1.74. The molecule has 1 aromatic heterocycles. The average Bonchev–Trinajstić information content (AvgIpc) is 2.78. The Morgan fingerprint density at radius 2 is 2.44 bits per heavy atom. The van der Waals surface area contributed by atoms with Gasteiger partial charge in [0.05, 0.1) is 5.51 Å². The predicted molar refractivity (Wildman–Crippen MR) is 69.5 cm³/mol. The molecule has 0 bridgehead atoms. The van der Waals surface area contributed by atoms with E-state index >= 15 is 0 Å². The molecule has 1 saturated carbocycles. The van der Waals surface area contributed by atoms with Crippen LogP contribution in [-0.4, -0.2) is 11.0 Å². The Morgan fingerprint density at radius 1 is 1.56 bits per heavy atom. The zero-order valence-electron chi connectivity index (χ0n) is 10.3. The number of nitrogens with one attached hydrogen (secondary N) is 1. The molecule has 0 aliphatic heterocycles. The van der Waals surface area contributed by atoms with E-state index in [0.29, 0.717) is 6.04 Å². The van der Waals surface area contributed by atoms with Crippen molar-refractivity contribution in [2.45, 2.75) is 52.1 Å². The van der Waals surface area contributed by atoms with Gasteiger partial charge in [0.25, 0.3) is 0 Å². The summed E-state index contributed by atoms with van der Waals surface area (Å²) in [6.07, 6.45) is 7.61. The van der Waals surface area contributed by atoms with Gasteiger partial charge in [0.1, 0.15) is 0 Å². The fourth-order valence-electron chi connectivity index (χ4n) is 2.69. The number of hydrogen-bond acceptors (Lipinski definition) is 3. The lowest BCUT2D eigenvalue weighted by Gasteiger charge is -2.31. The first-order valence-corrected chi connectivity index (χ1v) is 7.24. The van der Waals surface area contributed by atoms with Gasteiger partial charge < -0.3 is 5.32 Å². The van der Waals surface area contributed by atoms with Gasteiger partial charge in [-0.25, -0.2) is 0 Å². The van der Waals surface area contributed by atoms with Crippen LogP contribution in [0.3, 0.4) is 0 Å². The molecular weight excluding hydrogens is 216 g/mol. The van der Waals surface area contributed by atoms with Gasteiger partial charge in [0, 0.05) is 23.7 Å². The lowest BCUT2D eigenvalue weighted by molar-refractivity contribution is 0.231. The van der Waals surface area contributed by atoms with E-state index in [0.717, 1.165) is 18.4 Å². The molecule has 16 heavy (non-hydrogen) atoms. The van der Waals surface area contributed by atoms with Crippen LogP contribution in [-0.2, 0) is 6.54 Å². The molecule has 0 aromatic carbocycles. The first-order valence-electron chi connectivity index (χ1n) is 6.36. The fraction of sp³-hybridized carbons (Fsp3) is 0.769. The summed E-state index contributed by atoms with van der Waals surface area (Å²) in [5.41, 5.74) is 1.91. The second kappa shape index (κ2) is 5.78. The molecule has 1 fully saturated rings. The van der Waals surface area contributed by atoms with Crippen molar-refractivity contribution in [3.8, 4) is 0 Å². The number of aromatic nitrogens is 1. The maximum absolute atomic E-state index is 4.10. The maximum atomic E-state index is 4.10. The average molecular weight is 238 g/mol. The van der Waals surface area contributed by atoms with E-state index < -0.39 is 0 Å². The Bertz CT molecular complexity index is 297. The van der Waals surface area contributed by atoms with Crippen LogP contribution >= 0.6 is 11.3 Å². The van der Waals surface area contributed by atoms with Crippen LogP contribution in [0.15, 0.2) is 11.7 Å². The van der Waals surface area contributed by atoms with Crippen LogP contribution in [0.5, 0.6) is 0 Å². The van der Waals surface area contributed by atoms with E-state index in [-0.39, 0.29) is 0 Å². The molecule has 90 valence electrons. The smallest absolute Gasteiger partial charge is 0.0794 e. The fourth-order valence-corrected chi connectivity index (χ4v) is 3.24. The van der Waals surface area contributed by atoms with E-state index in [1.807, 2.05) is 11.7 Å². The van der Waals surface area contributed by atoms with Crippen LogP contribution in [0.1, 0.15) is 44.4 Å². The van der Waals surface area contributed by atoms with Crippen molar-refractivity contribution in [3.63, 3.8) is 0 Å². The molecule has 3 unspecified atom stereocenters. The molecule has 0 spiro atoms. The number of thiazole rings is 1.